The number of carboxylic acid groups (broad SMARTS) is 1. The van der Waals surface area contributed by atoms with Gasteiger partial charge in [-0.1, -0.05) is 13.3 Å². The lowest BCUT2D eigenvalue weighted by atomic mass is 9.70. The van der Waals surface area contributed by atoms with Crippen LogP contribution in [0.5, 0.6) is 0 Å². The van der Waals surface area contributed by atoms with E-state index in [4.69, 9.17) is 5.11 Å². The van der Waals surface area contributed by atoms with E-state index < -0.39 is 5.97 Å². The molecule has 0 bridgehead atoms. The molecule has 1 aliphatic rings. The fourth-order valence-electron chi connectivity index (χ4n) is 1.60. The van der Waals surface area contributed by atoms with Gasteiger partial charge in [0, 0.05) is 13.1 Å². The van der Waals surface area contributed by atoms with E-state index in [-0.39, 0.29) is 24.4 Å². The predicted octanol–water partition coefficient (Wildman–Crippen LogP) is 0.950. The third kappa shape index (κ3) is 4.18. The van der Waals surface area contributed by atoms with Crippen molar-refractivity contribution in [1.82, 2.24) is 10.6 Å². The van der Waals surface area contributed by atoms with Gasteiger partial charge in [-0.25, -0.2) is 4.79 Å². The first-order chi connectivity index (χ1) is 7.02. The van der Waals surface area contributed by atoms with Crippen LogP contribution in [-0.2, 0) is 4.79 Å². The first-order valence-electron chi connectivity index (χ1n) is 5.25. The summed E-state index contributed by atoms with van der Waals surface area (Å²) in [5.41, 5.74) is 0.254. The second kappa shape index (κ2) is 5.00. The van der Waals surface area contributed by atoms with Crippen LogP contribution in [-0.4, -0.2) is 30.2 Å². The first-order valence-corrected chi connectivity index (χ1v) is 5.25. The Morgan fingerprint density at radius 2 is 2.00 bits per heavy atom. The van der Waals surface area contributed by atoms with Crippen molar-refractivity contribution < 1.29 is 14.7 Å². The van der Waals surface area contributed by atoms with Gasteiger partial charge in [0.2, 0.25) is 0 Å². The molecule has 5 nitrogen and oxygen atoms in total. The summed E-state index contributed by atoms with van der Waals surface area (Å²) >= 11 is 0. The van der Waals surface area contributed by atoms with Crippen molar-refractivity contribution in [2.75, 3.05) is 13.1 Å². The quantitative estimate of drug-likeness (QED) is 0.637. The minimum absolute atomic E-state index is 0.0370. The van der Waals surface area contributed by atoms with Crippen LogP contribution in [0.15, 0.2) is 0 Å². The Hall–Kier alpha value is -1.26. The Bertz CT molecular complexity index is 249. The summed E-state index contributed by atoms with van der Waals surface area (Å²) in [7, 11) is 0. The van der Waals surface area contributed by atoms with E-state index in [0.717, 1.165) is 12.8 Å². The fraction of sp³-hybridized carbons (Fsp3) is 0.800. The fourth-order valence-corrected chi connectivity index (χ4v) is 1.60. The number of carboxylic acids is 1. The summed E-state index contributed by atoms with van der Waals surface area (Å²) in [6.07, 6.45) is 3.51. The molecule has 15 heavy (non-hydrogen) atoms. The Balaban J connectivity index is 2.05. The molecule has 0 radical (unpaired) electrons. The van der Waals surface area contributed by atoms with Gasteiger partial charge in [-0.2, -0.15) is 0 Å². The van der Waals surface area contributed by atoms with Crippen LogP contribution < -0.4 is 10.6 Å². The number of hydrogen-bond acceptors (Lipinski definition) is 2. The van der Waals surface area contributed by atoms with Crippen LogP contribution in [0.2, 0.25) is 0 Å². The maximum atomic E-state index is 11.2. The van der Waals surface area contributed by atoms with Crippen LogP contribution in [0.1, 0.15) is 32.6 Å². The molecule has 5 heteroatoms. The lowest BCUT2D eigenvalue weighted by Crippen LogP contribution is -2.44. The number of hydrogen-bond donors (Lipinski definition) is 3. The number of aliphatic carboxylic acids is 1. The Morgan fingerprint density at radius 3 is 2.47 bits per heavy atom. The van der Waals surface area contributed by atoms with Crippen molar-refractivity contribution in [3.05, 3.63) is 0 Å². The standard InChI is InChI=1S/C10H18N2O3/c1-10(4-2-5-10)7-12-9(15)11-6-3-8(13)14/h2-7H2,1H3,(H,13,14)(H2,11,12,15). The van der Waals surface area contributed by atoms with Crippen LogP contribution in [0.4, 0.5) is 4.79 Å². The summed E-state index contributed by atoms with van der Waals surface area (Å²) < 4.78 is 0. The molecule has 1 aliphatic carbocycles. The molecule has 1 fully saturated rings. The summed E-state index contributed by atoms with van der Waals surface area (Å²) in [5, 5.41) is 13.6. The van der Waals surface area contributed by atoms with E-state index in [1.165, 1.54) is 6.42 Å². The number of carbonyl (C=O) groups is 2. The van der Waals surface area contributed by atoms with Gasteiger partial charge < -0.3 is 15.7 Å². The molecule has 0 aromatic rings. The first kappa shape index (κ1) is 11.8. The van der Waals surface area contributed by atoms with Crippen LogP contribution in [0, 0.1) is 5.41 Å². The Kier molecular flexibility index (Phi) is 3.94. The minimum Gasteiger partial charge on any atom is -0.481 e. The third-order valence-corrected chi connectivity index (χ3v) is 2.86. The van der Waals surface area contributed by atoms with E-state index in [1.807, 2.05) is 0 Å². The highest BCUT2D eigenvalue weighted by Gasteiger charge is 2.31. The third-order valence-electron chi connectivity index (χ3n) is 2.86. The maximum absolute atomic E-state index is 11.2. The molecular formula is C10H18N2O3. The van der Waals surface area contributed by atoms with Gasteiger partial charge in [0.05, 0.1) is 6.42 Å². The zero-order valence-corrected chi connectivity index (χ0v) is 9.01. The number of rotatable bonds is 5. The van der Waals surface area contributed by atoms with Crippen molar-refractivity contribution in [2.24, 2.45) is 5.41 Å². The molecule has 1 rings (SSSR count). The molecule has 0 aromatic carbocycles. The monoisotopic (exact) mass is 214 g/mol. The molecule has 0 aromatic heterocycles. The topological polar surface area (TPSA) is 78.4 Å². The highest BCUT2D eigenvalue weighted by atomic mass is 16.4. The number of amides is 2. The molecule has 0 unspecified atom stereocenters. The normalized spacial score (nSPS) is 17.7. The summed E-state index contributed by atoms with van der Waals surface area (Å²) in [4.78, 5) is 21.4. The maximum Gasteiger partial charge on any atom is 0.314 e. The van der Waals surface area contributed by atoms with E-state index in [0.29, 0.717) is 6.54 Å². The van der Waals surface area contributed by atoms with E-state index >= 15 is 0 Å². The summed E-state index contributed by atoms with van der Waals surface area (Å²) in [5.74, 6) is -0.902. The second-order valence-corrected chi connectivity index (χ2v) is 4.42. The number of nitrogens with one attached hydrogen (secondary N) is 2. The molecular weight excluding hydrogens is 196 g/mol. The van der Waals surface area contributed by atoms with Gasteiger partial charge >= 0.3 is 12.0 Å². The van der Waals surface area contributed by atoms with Crippen molar-refractivity contribution in [1.29, 1.82) is 0 Å². The van der Waals surface area contributed by atoms with Gasteiger partial charge in [-0.3, -0.25) is 4.79 Å². The Morgan fingerprint density at radius 1 is 1.33 bits per heavy atom. The van der Waals surface area contributed by atoms with Crippen molar-refractivity contribution in [3.63, 3.8) is 0 Å². The smallest absolute Gasteiger partial charge is 0.314 e. The lowest BCUT2D eigenvalue weighted by molar-refractivity contribution is -0.136. The van der Waals surface area contributed by atoms with E-state index in [9.17, 15) is 9.59 Å². The largest absolute Gasteiger partial charge is 0.481 e. The lowest BCUT2D eigenvalue weighted by Gasteiger charge is -2.38. The van der Waals surface area contributed by atoms with Gasteiger partial charge in [0.15, 0.2) is 0 Å². The van der Waals surface area contributed by atoms with Crippen LogP contribution in [0.3, 0.4) is 0 Å². The molecule has 0 atom stereocenters. The van der Waals surface area contributed by atoms with Crippen molar-refractivity contribution >= 4 is 12.0 Å². The average Bonchev–Trinajstić information content (AvgIpc) is 2.11. The van der Waals surface area contributed by atoms with Gasteiger partial charge in [0.1, 0.15) is 0 Å². The summed E-state index contributed by atoms with van der Waals surface area (Å²) in [6.45, 7) is 3.00. The highest BCUT2D eigenvalue weighted by Crippen LogP contribution is 2.39. The van der Waals surface area contributed by atoms with Crippen LogP contribution >= 0.6 is 0 Å². The molecule has 2 amide bonds. The molecule has 3 N–H and O–H groups in total. The van der Waals surface area contributed by atoms with Crippen molar-refractivity contribution in [2.45, 2.75) is 32.6 Å². The van der Waals surface area contributed by atoms with Gasteiger partial charge in [0.25, 0.3) is 0 Å². The SMILES string of the molecule is CC1(CNC(=O)NCCC(=O)O)CCC1. The molecule has 0 spiro atoms. The molecule has 86 valence electrons. The van der Waals surface area contributed by atoms with Gasteiger partial charge in [-0.15, -0.1) is 0 Å². The zero-order valence-electron chi connectivity index (χ0n) is 9.01. The summed E-state index contributed by atoms with van der Waals surface area (Å²) in [6, 6.07) is -0.274. The second-order valence-electron chi connectivity index (χ2n) is 4.42. The zero-order chi connectivity index (χ0) is 11.3. The van der Waals surface area contributed by atoms with E-state index in [1.54, 1.807) is 0 Å². The molecule has 0 saturated heterocycles. The highest BCUT2D eigenvalue weighted by molar-refractivity contribution is 5.75. The minimum atomic E-state index is -0.902. The van der Waals surface area contributed by atoms with Gasteiger partial charge in [-0.05, 0) is 18.3 Å². The molecule has 0 aliphatic heterocycles. The van der Waals surface area contributed by atoms with Crippen molar-refractivity contribution in [3.8, 4) is 0 Å². The molecule has 1 saturated carbocycles. The average molecular weight is 214 g/mol. The molecule has 0 heterocycles. The van der Waals surface area contributed by atoms with Crippen LogP contribution in [0.25, 0.3) is 0 Å². The Labute approximate surface area is 89.2 Å². The van der Waals surface area contributed by atoms with E-state index in [2.05, 4.69) is 17.6 Å². The predicted molar refractivity (Wildman–Crippen MR) is 55.6 cm³/mol. The number of carbonyl (C=O) groups excluding carboxylic acids is 1. The number of urea groups is 1.